The summed E-state index contributed by atoms with van der Waals surface area (Å²) in [6.07, 6.45) is 1.41. The molecule has 0 aliphatic carbocycles. The first-order chi connectivity index (χ1) is 10.5. The number of hydrogen-bond donors (Lipinski definition) is 0. The van der Waals surface area contributed by atoms with Crippen molar-refractivity contribution in [3.8, 4) is 0 Å². The Balaban J connectivity index is 1.81. The lowest BCUT2D eigenvalue weighted by atomic mass is 10.3. The number of carbonyl (C=O) groups is 1. The second-order valence-electron chi connectivity index (χ2n) is 5.34. The van der Waals surface area contributed by atoms with Gasteiger partial charge in [0.2, 0.25) is 5.91 Å². The molecule has 1 aromatic heterocycles. The Hall–Kier alpha value is -1.73. The molecule has 116 valence electrons. The molecule has 7 heteroatoms. The molecule has 0 N–H and O–H groups in total. The Morgan fingerprint density at radius 3 is 2.55 bits per heavy atom. The van der Waals surface area contributed by atoms with Gasteiger partial charge in [-0.15, -0.1) is 0 Å². The second kappa shape index (κ2) is 5.81. The van der Waals surface area contributed by atoms with Gasteiger partial charge in [-0.25, -0.2) is 8.42 Å². The van der Waals surface area contributed by atoms with Gasteiger partial charge in [0.05, 0.1) is 16.3 Å². The zero-order chi connectivity index (χ0) is 15.7. The van der Waals surface area contributed by atoms with E-state index in [4.69, 9.17) is 0 Å². The minimum Gasteiger partial charge on any atom is -0.312 e. The van der Waals surface area contributed by atoms with Crippen LogP contribution in [0, 0.1) is 6.92 Å². The van der Waals surface area contributed by atoms with Crippen LogP contribution < -0.4 is 4.90 Å². The van der Waals surface area contributed by atoms with Gasteiger partial charge < -0.3 is 4.90 Å². The lowest BCUT2D eigenvalue weighted by Gasteiger charge is -2.15. The molecule has 0 atom stereocenters. The summed E-state index contributed by atoms with van der Waals surface area (Å²) in [6.45, 7) is 2.54. The number of rotatable bonds is 4. The summed E-state index contributed by atoms with van der Waals surface area (Å²) in [5.74, 6) is 0.0521. The summed E-state index contributed by atoms with van der Waals surface area (Å²) in [7, 11) is -3.39. The van der Waals surface area contributed by atoms with Crippen LogP contribution >= 0.6 is 11.5 Å². The van der Waals surface area contributed by atoms with E-state index in [1.54, 1.807) is 35.2 Å². The monoisotopic (exact) mass is 336 g/mol. The number of anilines is 1. The van der Waals surface area contributed by atoms with Crippen LogP contribution in [0.4, 0.5) is 5.69 Å². The van der Waals surface area contributed by atoms with E-state index in [9.17, 15) is 13.2 Å². The third-order valence-electron chi connectivity index (χ3n) is 3.59. The van der Waals surface area contributed by atoms with Gasteiger partial charge in [-0.05, 0) is 55.2 Å². The molecule has 0 unspecified atom stereocenters. The van der Waals surface area contributed by atoms with Gasteiger partial charge in [0.1, 0.15) is 0 Å². The molecule has 1 aliphatic rings. The highest BCUT2D eigenvalue weighted by Crippen LogP contribution is 2.25. The number of amides is 1. The van der Waals surface area contributed by atoms with Crippen LogP contribution in [0.2, 0.25) is 0 Å². The first-order valence-electron chi connectivity index (χ1n) is 7.01. The van der Waals surface area contributed by atoms with Crippen LogP contribution in [0.3, 0.4) is 0 Å². The molecule has 0 saturated carbocycles. The highest BCUT2D eigenvalue weighted by Gasteiger charge is 2.22. The molecule has 1 aromatic carbocycles. The number of benzene rings is 1. The summed E-state index contributed by atoms with van der Waals surface area (Å²) in [4.78, 5) is 14.4. The van der Waals surface area contributed by atoms with Gasteiger partial charge in [0, 0.05) is 23.5 Å². The topological polar surface area (TPSA) is 67.3 Å². The van der Waals surface area contributed by atoms with Crippen molar-refractivity contribution in [3.05, 3.63) is 40.9 Å². The maximum atomic E-state index is 12.4. The fraction of sp³-hybridized carbons (Fsp3) is 0.333. The molecule has 1 aliphatic heterocycles. The van der Waals surface area contributed by atoms with Crippen molar-refractivity contribution in [2.75, 3.05) is 11.4 Å². The summed E-state index contributed by atoms with van der Waals surface area (Å²) >= 11 is 1.21. The van der Waals surface area contributed by atoms with Crippen molar-refractivity contribution in [3.63, 3.8) is 0 Å². The third-order valence-corrected chi connectivity index (χ3v) is 6.33. The Kier molecular flexibility index (Phi) is 4.01. The van der Waals surface area contributed by atoms with E-state index in [1.165, 1.54) is 11.5 Å². The van der Waals surface area contributed by atoms with Crippen molar-refractivity contribution in [2.24, 2.45) is 0 Å². The Morgan fingerprint density at radius 2 is 2.00 bits per heavy atom. The quantitative estimate of drug-likeness (QED) is 0.860. The van der Waals surface area contributed by atoms with Gasteiger partial charge in [-0.3, -0.25) is 4.79 Å². The molecule has 1 fully saturated rings. The molecule has 1 saturated heterocycles. The number of sulfone groups is 1. The van der Waals surface area contributed by atoms with Crippen molar-refractivity contribution >= 4 is 33.0 Å². The minimum atomic E-state index is -3.39. The van der Waals surface area contributed by atoms with Gasteiger partial charge in [0.15, 0.2) is 9.84 Å². The average Bonchev–Trinajstić information content (AvgIpc) is 3.07. The van der Waals surface area contributed by atoms with E-state index in [1.807, 2.05) is 6.92 Å². The number of aryl methyl sites for hydroxylation is 1. The lowest BCUT2D eigenvalue weighted by molar-refractivity contribution is -0.117. The fourth-order valence-corrected chi connectivity index (χ4v) is 4.90. The molecule has 1 amide bonds. The molecular formula is C15H16N2O3S2. The summed E-state index contributed by atoms with van der Waals surface area (Å²) in [5.41, 5.74) is 1.59. The third kappa shape index (κ3) is 3.05. The maximum Gasteiger partial charge on any atom is 0.227 e. The Morgan fingerprint density at radius 1 is 1.27 bits per heavy atom. The first-order valence-corrected chi connectivity index (χ1v) is 9.44. The zero-order valence-corrected chi connectivity index (χ0v) is 13.8. The molecule has 0 spiro atoms. The van der Waals surface area contributed by atoms with E-state index in [-0.39, 0.29) is 16.6 Å². The maximum absolute atomic E-state index is 12.4. The Labute approximate surface area is 133 Å². The first kappa shape index (κ1) is 15.2. The van der Waals surface area contributed by atoms with Crippen LogP contribution in [0.25, 0.3) is 0 Å². The van der Waals surface area contributed by atoms with Gasteiger partial charge in [-0.2, -0.15) is 4.37 Å². The molecule has 5 nitrogen and oxygen atoms in total. The normalized spacial score (nSPS) is 15.5. The summed E-state index contributed by atoms with van der Waals surface area (Å²) < 4.78 is 28.9. The average molecular weight is 336 g/mol. The summed E-state index contributed by atoms with van der Waals surface area (Å²) in [6, 6.07) is 8.34. The highest BCUT2D eigenvalue weighted by atomic mass is 32.2. The van der Waals surface area contributed by atoms with Crippen molar-refractivity contribution < 1.29 is 13.2 Å². The van der Waals surface area contributed by atoms with Gasteiger partial charge in [0.25, 0.3) is 0 Å². The van der Waals surface area contributed by atoms with Crippen LogP contribution in [0.1, 0.15) is 23.4 Å². The number of aromatic nitrogens is 1. The largest absolute Gasteiger partial charge is 0.312 e. The van der Waals surface area contributed by atoms with Crippen LogP contribution in [-0.4, -0.2) is 25.2 Å². The number of carbonyl (C=O) groups excluding carboxylic acids is 1. The molecule has 22 heavy (non-hydrogen) atoms. The van der Waals surface area contributed by atoms with Gasteiger partial charge in [-0.1, -0.05) is 0 Å². The minimum absolute atomic E-state index is 0.0412. The Bertz CT molecular complexity index is 794. The van der Waals surface area contributed by atoms with Crippen LogP contribution in [0.15, 0.2) is 35.2 Å². The van der Waals surface area contributed by atoms with Crippen molar-refractivity contribution in [1.29, 1.82) is 0 Å². The molecule has 2 heterocycles. The second-order valence-corrected chi connectivity index (χ2v) is 8.22. The zero-order valence-electron chi connectivity index (χ0n) is 12.2. The predicted octanol–water partition coefficient (Wildman–Crippen LogP) is 2.55. The van der Waals surface area contributed by atoms with Crippen LogP contribution in [-0.2, 0) is 20.4 Å². The SMILES string of the molecule is Cc1cc(CS(=O)(=O)c2ccc(N3CCCC3=O)cc2)sn1. The smallest absolute Gasteiger partial charge is 0.227 e. The highest BCUT2D eigenvalue weighted by molar-refractivity contribution is 7.90. The lowest BCUT2D eigenvalue weighted by Crippen LogP contribution is -2.23. The molecule has 2 aromatic rings. The van der Waals surface area contributed by atoms with E-state index < -0.39 is 9.84 Å². The molecule has 3 rings (SSSR count). The van der Waals surface area contributed by atoms with E-state index in [2.05, 4.69) is 4.37 Å². The van der Waals surface area contributed by atoms with E-state index in [0.29, 0.717) is 13.0 Å². The fourth-order valence-electron chi connectivity index (χ4n) is 2.51. The van der Waals surface area contributed by atoms with Crippen molar-refractivity contribution in [2.45, 2.75) is 30.4 Å². The van der Waals surface area contributed by atoms with E-state index >= 15 is 0 Å². The molecular weight excluding hydrogens is 320 g/mol. The predicted molar refractivity (Wildman–Crippen MR) is 85.8 cm³/mol. The van der Waals surface area contributed by atoms with Gasteiger partial charge >= 0.3 is 0 Å². The summed E-state index contributed by atoms with van der Waals surface area (Å²) in [5, 5.41) is 0. The molecule has 0 radical (unpaired) electrons. The van der Waals surface area contributed by atoms with Crippen LogP contribution in [0.5, 0.6) is 0 Å². The number of hydrogen-bond acceptors (Lipinski definition) is 5. The molecule has 0 bridgehead atoms. The number of nitrogens with zero attached hydrogens (tertiary/aromatic N) is 2. The standard InChI is InChI=1S/C15H16N2O3S2/c1-11-9-13(21-16-11)10-22(19,20)14-6-4-12(5-7-14)17-8-2-3-15(17)18/h4-7,9H,2-3,8,10H2,1H3. The van der Waals surface area contributed by atoms with E-state index in [0.717, 1.165) is 22.7 Å². The van der Waals surface area contributed by atoms with Crippen molar-refractivity contribution in [1.82, 2.24) is 4.37 Å².